The van der Waals surface area contributed by atoms with Crippen LogP contribution in [0.3, 0.4) is 0 Å². The molecule has 0 saturated heterocycles. The summed E-state index contributed by atoms with van der Waals surface area (Å²) >= 11 is 1.64. The fraction of sp³-hybridized carbons (Fsp3) is 0.111. The molecular formula is C18H14IrN3S-. The molecule has 4 rings (SSSR count). The van der Waals surface area contributed by atoms with Gasteiger partial charge in [-0.05, 0) is 35.2 Å². The van der Waals surface area contributed by atoms with Gasteiger partial charge in [0.1, 0.15) is 0 Å². The van der Waals surface area contributed by atoms with Crippen LogP contribution in [0.25, 0.3) is 27.3 Å². The van der Waals surface area contributed by atoms with Crippen LogP contribution in [0.1, 0.15) is 11.1 Å². The standard InChI is InChI=1S/C18H14N3S.Ir/c1-12-4-3-5-13(2)17(12)21-9-8-19-18(21)14-6-7-15-16(10-14)22-11-20-15;/h3-5,7-11H,1-2H3;/q-1;. The molecule has 1 radical (unpaired) electrons. The number of thiazole rings is 1. The minimum atomic E-state index is 0. The van der Waals surface area contributed by atoms with Gasteiger partial charge in [0, 0.05) is 38.2 Å². The van der Waals surface area contributed by atoms with E-state index in [0.29, 0.717) is 0 Å². The Bertz CT molecular complexity index is 951. The van der Waals surface area contributed by atoms with Gasteiger partial charge in [0.15, 0.2) is 0 Å². The molecule has 2 aromatic carbocycles. The number of hydrogen-bond acceptors (Lipinski definition) is 3. The Morgan fingerprint density at radius 3 is 2.70 bits per heavy atom. The number of aromatic nitrogens is 3. The summed E-state index contributed by atoms with van der Waals surface area (Å²) in [5, 5.41) is 0. The molecule has 2 heterocycles. The normalized spacial score (nSPS) is 10.7. The second-order valence-corrected chi connectivity index (χ2v) is 6.20. The maximum atomic E-state index is 4.55. The number of para-hydroxylation sites is 1. The first-order chi connectivity index (χ1) is 10.7. The van der Waals surface area contributed by atoms with Gasteiger partial charge in [-0.25, -0.2) is 0 Å². The molecule has 0 N–H and O–H groups in total. The molecule has 23 heavy (non-hydrogen) atoms. The van der Waals surface area contributed by atoms with Gasteiger partial charge < -0.3 is 4.57 Å². The SMILES string of the molecule is Cc1cccc(C)c1-n1ccnc1-c1[c-]cc2ncsc2c1.[Ir]. The summed E-state index contributed by atoms with van der Waals surface area (Å²) in [6.07, 6.45) is 3.85. The van der Waals surface area contributed by atoms with Crippen LogP contribution >= 0.6 is 11.3 Å². The van der Waals surface area contributed by atoms with Crippen LogP contribution in [0, 0.1) is 19.9 Å². The van der Waals surface area contributed by atoms with E-state index in [1.807, 2.05) is 24.0 Å². The molecular weight excluding hydrogens is 483 g/mol. The van der Waals surface area contributed by atoms with E-state index in [-0.39, 0.29) is 20.1 Å². The summed E-state index contributed by atoms with van der Waals surface area (Å²) in [4.78, 5) is 8.86. The molecule has 0 amide bonds. The largest absolute Gasteiger partial charge is 0.340 e. The first-order valence-electron chi connectivity index (χ1n) is 7.09. The number of hydrogen-bond donors (Lipinski definition) is 0. The fourth-order valence-electron chi connectivity index (χ4n) is 2.80. The summed E-state index contributed by atoms with van der Waals surface area (Å²) in [5.41, 5.74) is 7.49. The molecule has 0 spiro atoms. The topological polar surface area (TPSA) is 30.7 Å². The number of aryl methyl sites for hydroxylation is 2. The van der Waals surface area contributed by atoms with E-state index < -0.39 is 0 Å². The second kappa shape index (κ2) is 6.36. The molecule has 0 atom stereocenters. The molecule has 4 aromatic rings. The van der Waals surface area contributed by atoms with Crippen LogP contribution in [-0.2, 0) is 20.1 Å². The van der Waals surface area contributed by atoms with E-state index in [2.05, 4.69) is 58.7 Å². The van der Waals surface area contributed by atoms with E-state index in [0.717, 1.165) is 21.6 Å². The van der Waals surface area contributed by atoms with Gasteiger partial charge in [-0.2, -0.15) is 0 Å². The first-order valence-corrected chi connectivity index (χ1v) is 7.97. The van der Waals surface area contributed by atoms with Gasteiger partial charge in [-0.1, -0.05) is 18.2 Å². The molecule has 0 aliphatic rings. The van der Waals surface area contributed by atoms with E-state index >= 15 is 0 Å². The van der Waals surface area contributed by atoms with Gasteiger partial charge in [0.25, 0.3) is 0 Å². The summed E-state index contributed by atoms with van der Waals surface area (Å²) in [7, 11) is 0. The van der Waals surface area contributed by atoms with E-state index in [1.54, 1.807) is 11.3 Å². The maximum Gasteiger partial charge on any atom is 0.0674 e. The van der Waals surface area contributed by atoms with E-state index in [4.69, 9.17) is 0 Å². The van der Waals surface area contributed by atoms with Crippen molar-refractivity contribution in [2.45, 2.75) is 13.8 Å². The Kier molecular flexibility index (Phi) is 4.44. The molecule has 3 nitrogen and oxygen atoms in total. The van der Waals surface area contributed by atoms with Gasteiger partial charge in [-0.3, -0.25) is 9.97 Å². The number of rotatable bonds is 2. The van der Waals surface area contributed by atoms with Crippen LogP contribution in [0.2, 0.25) is 0 Å². The van der Waals surface area contributed by atoms with Crippen molar-refractivity contribution in [1.29, 1.82) is 0 Å². The summed E-state index contributed by atoms with van der Waals surface area (Å²) in [5.74, 6) is 0.910. The number of fused-ring (bicyclic) bond motifs is 1. The average molecular weight is 497 g/mol. The summed E-state index contributed by atoms with van der Waals surface area (Å²) in [6, 6.07) is 13.7. The van der Waals surface area contributed by atoms with E-state index in [9.17, 15) is 0 Å². The molecule has 0 aliphatic heterocycles. The Balaban J connectivity index is 0.00000156. The molecule has 2 aromatic heterocycles. The van der Waals surface area contributed by atoms with Crippen molar-refractivity contribution in [2.24, 2.45) is 0 Å². The van der Waals surface area contributed by atoms with Gasteiger partial charge >= 0.3 is 0 Å². The second-order valence-electron chi connectivity index (χ2n) is 5.31. The average Bonchev–Trinajstić information content (AvgIpc) is 3.15. The molecule has 0 bridgehead atoms. The minimum Gasteiger partial charge on any atom is -0.340 e. The Morgan fingerprint density at radius 2 is 1.91 bits per heavy atom. The van der Waals surface area contributed by atoms with Crippen LogP contribution in [0.5, 0.6) is 0 Å². The van der Waals surface area contributed by atoms with Crippen molar-refractivity contribution >= 4 is 21.6 Å². The smallest absolute Gasteiger partial charge is 0.0674 e. The van der Waals surface area contributed by atoms with Gasteiger partial charge in [0.05, 0.1) is 11.3 Å². The predicted octanol–water partition coefficient (Wildman–Crippen LogP) is 4.56. The molecule has 117 valence electrons. The van der Waals surface area contributed by atoms with Crippen molar-refractivity contribution in [3.63, 3.8) is 0 Å². The third-order valence-corrected chi connectivity index (χ3v) is 4.62. The Morgan fingerprint density at radius 1 is 1.13 bits per heavy atom. The third kappa shape index (κ3) is 2.76. The molecule has 5 heteroatoms. The maximum absolute atomic E-state index is 4.55. The number of benzene rings is 2. The van der Waals surface area contributed by atoms with Crippen molar-refractivity contribution in [1.82, 2.24) is 14.5 Å². The Hall–Kier alpha value is -1.81. The molecule has 0 unspecified atom stereocenters. The van der Waals surface area contributed by atoms with Crippen molar-refractivity contribution in [3.8, 4) is 17.1 Å². The molecule has 0 saturated carbocycles. The Labute approximate surface area is 152 Å². The molecule has 0 fully saturated rings. The quantitative estimate of drug-likeness (QED) is 0.381. The van der Waals surface area contributed by atoms with E-state index in [1.165, 1.54) is 16.8 Å². The summed E-state index contributed by atoms with van der Waals surface area (Å²) in [6.45, 7) is 4.25. The summed E-state index contributed by atoms with van der Waals surface area (Å²) < 4.78 is 3.30. The molecule has 0 aliphatic carbocycles. The van der Waals surface area contributed by atoms with Crippen LogP contribution in [0.15, 0.2) is 48.2 Å². The fourth-order valence-corrected chi connectivity index (χ4v) is 3.50. The van der Waals surface area contributed by atoms with Crippen molar-refractivity contribution in [2.75, 3.05) is 0 Å². The zero-order chi connectivity index (χ0) is 15.1. The van der Waals surface area contributed by atoms with Crippen LogP contribution in [-0.4, -0.2) is 14.5 Å². The first kappa shape index (κ1) is 16.1. The van der Waals surface area contributed by atoms with Crippen LogP contribution < -0.4 is 0 Å². The minimum absolute atomic E-state index is 0. The van der Waals surface area contributed by atoms with Crippen molar-refractivity contribution < 1.29 is 20.1 Å². The zero-order valence-electron chi connectivity index (χ0n) is 12.7. The third-order valence-electron chi connectivity index (χ3n) is 3.83. The number of imidazole rings is 1. The van der Waals surface area contributed by atoms with Crippen molar-refractivity contribution in [3.05, 3.63) is 65.4 Å². The monoisotopic (exact) mass is 497 g/mol. The predicted molar refractivity (Wildman–Crippen MR) is 90.5 cm³/mol. The zero-order valence-corrected chi connectivity index (χ0v) is 15.9. The number of nitrogens with zero attached hydrogens (tertiary/aromatic N) is 3. The van der Waals surface area contributed by atoms with Crippen LogP contribution in [0.4, 0.5) is 0 Å². The van der Waals surface area contributed by atoms with Gasteiger partial charge in [0.2, 0.25) is 0 Å². The van der Waals surface area contributed by atoms with Gasteiger partial charge in [-0.15, -0.1) is 35.1 Å².